The molecule has 0 unspecified atom stereocenters. The minimum Gasteiger partial charge on any atom is -0.467 e. The molecule has 1 aromatic carbocycles. The third kappa shape index (κ3) is 3.31. The number of benzene rings is 1. The molecule has 0 aliphatic rings. The topological polar surface area (TPSA) is 55.4 Å². The Labute approximate surface area is 135 Å². The molecule has 0 saturated carbocycles. The second-order valence-corrected chi connectivity index (χ2v) is 6.15. The average Bonchev–Trinajstić information content (AvgIpc) is 3.14. The van der Waals surface area contributed by atoms with Crippen molar-refractivity contribution in [3.63, 3.8) is 0 Å². The smallest absolute Gasteiger partial charge is 0.224 e. The van der Waals surface area contributed by atoms with Crippen LogP contribution in [-0.2, 0) is 17.8 Å². The lowest BCUT2D eigenvalue weighted by Crippen LogP contribution is -2.24. The first-order chi connectivity index (χ1) is 11.0. The van der Waals surface area contributed by atoms with E-state index >= 15 is 0 Å². The van der Waals surface area contributed by atoms with Gasteiger partial charge in [-0.15, -0.1) is 0 Å². The van der Waals surface area contributed by atoms with E-state index in [0.717, 1.165) is 22.3 Å². The highest BCUT2D eigenvalue weighted by Gasteiger charge is 2.14. The minimum absolute atomic E-state index is 0.0456. The number of carbonyl (C=O) groups is 1. The number of aryl methyl sites for hydroxylation is 1. The third-order valence-corrected chi connectivity index (χ3v) is 4.06. The zero-order valence-corrected chi connectivity index (χ0v) is 13.7. The Morgan fingerprint density at radius 3 is 2.78 bits per heavy atom. The van der Waals surface area contributed by atoms with Gasteiger partial charge in [-0.25, -0.2) is 0 Å². The zero-order valence-electron chi connectivity index (χ0n) is 13.7. The third-order valence-electron chi connectivity index (χ3n) is 4.06. The van der Waals surface area contributed by atoms with Gasteiger partial charge in [-0.1, -0.05) is 13.8 Å². The van der Waals surface area contributed by atoms with Crippen LogP contribution in [0.5, 0.6) is 0 Å². The molecule has 2 aromatic heterocycles. The van der Waals surface area contributed by atoms with Crippen LogP contribution < -0.4 is 5.32 Å². The number of fused-ring (bicyclic) bond motifs is 1. The Kier molecular flexibility index (Phi) is 4.24. The fraction of sp³-hybridized carbons (Fsp3) is 0.316. The maximum absolute atomic E-state index is 12.1. The summed E-state index contributed by atoms with van der Waals surface area (Å²) in [4.78, 5) is 12.1. The molecule has 4 heteroatoms. The first-order valence-corrected chi connectivity index (χ1v) is 7.84. The first kappa shape index (κ1) is 15.4. The fourth-order valence-electron chi connectivity index (χ4n) is 2.84. The van der Waals surface area contributed by atoms with Gasteiger partial charge >= 0.3 is 0 Å². The van der Waals surface area contributed by atoms with Crippen molar-refractivity contribution in [3.05, 3.63) is 59.2 Å². The molecule has 0 bridgehead atoms. The number of carbonyl (C=O) groups excluding carboxylic acids is 1. The first-order valence-electron chi connectivity index (χ1n) is 7.84. The zero-order chi connectivity index (χ0) is 16.4. The molecule has 0 fully saturated rings. The summed E-state index contributed by atoms with van der Waals surface area (Å²) in [6.45, 7) is 6.83. The molecule has 0 aliphatic carbocycles. The van der Waals surface area contributed by atoms with Crippen molar-refractivity contribution in [3.8, 4) is 0 Å². The van der Waals surface area contributed by atoms with E-state index in [1.807, 2.05) is 6.07 Å². The number of hydrogen-bond donors (Lipinski definition) is 1. The second kappa shape index (κ2) is 6.32. The number of rotatable bonds is 5. The van der Waals surface area contributed by atoms with Crippen LogP contribution in [0.3, 0.4) is 0 Å². The van der Waals surface area contributed by atoms with E-state index < -0.39 is 0 Å². The summed E-state index contributed by atoms with van der Waals surface area (Å²) in [7, 11) is 0. The summed E-state index contributed by atoms with van der Waals surface area (Å²) in [6.07, 6.45) is 3.58. The van der Waals surface area contributed by atoms with Crippen LogP contribution in [0.25, 0.3) is 11.0 Å². The van der Waals surface area contributed by atoms with Crippen LogP contribution >= 0.6 is 0 Å². The quantitative estimate of drug-likeness (QED) is 0.763. The van der Waals surface area contributed by atoms with Gasteiger partial charge in [-0.3, -0.25) is 4.79 Å². The molecule has 23 heavy (non-hydrogen) atoms. The highest BCUT2D eigenvalue weighted by molar-refractivity contribution is 5.88. The van der Waals surface area contributed by atoms with Gasteiger partial charge in [-0.2, -0.15) is 0 Å². The van der Waals surface area contributed by atoms with Crippen LogP contribution in [0.2, 0.25) is 0 Å². The lowest BCUT2D eigenvalue weighted by molar-refractivity contribution is -0.120. The number of hydrogen-bond acceptors (Lipinski definition) is 3. The number of furan rings is 2. The van der Waals surface area contributed by atoms with Gasteiger partial charge in [0, 0.05) is 10.9 Å². The highest BCUT2D eigenvalue weighted by atomic mass is 16.3. The van der Waals surface area contributed by atoms with Crippen LogP contribution in [0.1, 0.15) is 42.2 Å². The van der Waals surface area contributed by atoms with Gasteiger partial charge in [-0.05, 0) is 48.2 Å². The van der Waals surface area contributed by atoms with Crippen molar-refractivity contribution in [2.75, 3.05) is 0 Å². The molecular formula is C19H21NO3. The van der Waals surface area contributed by atoms with E-state index in [0.29, 0.717) is 18.9 Å². The molecule has 120 valence electrons. The van der Waals surface area contributed by atoms with Crippen LogP contribution in [0, 0.1) is 6.92 Å². The molecule has 4 nitrogen and oxygen atoms in total. The molecule has 3 aromatic rings. The maximum atomic E-state index is 12.1. The van der Waals surface area contributed by atoms with Gasteiger partial charge in [0.15, 0.2) is 0 Å². The van der Waals surface area contributed by atoms with Gasteiger partial charge in [0.2, 0.25) is 5.91 Å². The van der Waals surface area contributed by atoms with Crippen LogP contribution in [0.4, 0.5) is 0 Å². The Balaban J connectivity index is 1.77. The Morgan fingerprint density at radius 2 is 2.09 bits per heavy atom. The molecular weight excluding hydrogens is 290 g/mol. The van der Waals surface area contributed by atoms with Crippen LogP contribution in [-0.4, -0.2) is 5.91 Å². The van der Waals surface area contributed by atoms with E-state index in [4.69, 9.17) is 8.83 Å². The Bertz CT molecular complexity index is 813. The van der Waals surface area contributed by atoms with Crippen molar-refractivity contribution >= 4 is 16.9 Å². The minimum atomic E-state index is -0.0456. The number of nitrogens with one attached hydrogen (secondary N) is 1. The SMILES string of the molecule is Cc1cc2occ(CC(=O)NCc3ccco3)c2cc1C(C)C. The van der Waals surface area contributed by atoms with Gasteiger partial charge in [0.05, 0.1) is 25.5 Å². The molecule has 0 atom stereocenters. The summed E-state index contributed by atoms with van der Waals surface area (Å²) >= 11 is 0. The van der Waals surface area contributed by atoms with Gasteiger partial charge < -0.3 is 14.2 Å². The van der Waals surface area contributed by atoms with Crippen molar-refractivity contribution in [2.45, 2.75) is 39.7 Å². The van der Waals surface area contributed by atoms with Gasteiger partial charge in [0.1, 0.15) is 11.3 Å². The molecule has 1 N–H and O–H groups in total. The Hall–Kier alpha value is -2.49. The molecule has 0 saturated heterocycles. The monoisotopic (exact) mass is 311 g/mol. The Morgan fingerprint density at radius 1 is 1.26 bits per heavy atom. The summed E-state index contributed by atoms with van der Waals surface area (Å²) in [5.74, 6) is 1.14. The van der Waals surface area contributed by atoms with E-state index in [-0.39, 0.29) is 5.91 Å². The largest absolute Gasteiger partial charge is 0.467 e. The normalized spacial score (nSPS) is 11.3. The van der Waals surface area contributed by atoms with Crippen molar-refractivity contribution < 1.29 is 13.6 Å². The van der Waals surface area contributed by atoms with Crippen molar-refractivity contribution in [1.29, 1.82) is 0 Å². The predicted molar refractivity (Wildman–Crippen MR) is 89.3 cm³/mol. The van der Waals surface area contributed by atoms with E-state index in [1.54, 1.807) is 18.6 Å². The summed E-state index contributed by atoms with van der Waals surface area (Å²) < 4.78 is 10.8. The lowest BCUT2D eigenvalue weighted by Gasteiger charge is -2.10. The predicted octanol–water partition coefficient (Wildman–Crippen LogP) is 4.32. The summed E-state index contributed by atoms with van der Waals surface area (Å²) in [6, 6.07) is 7.84. The molecule has 0 radical (unpaired) electrons. The van der Waals surface area contributed by atoms with Crippen LogP contribution in [0.15, 0.2) is 45.6 Å². The summed E-state index contributed by atoms with van der Waals surface area (Å²) in [5.41, 5.74) is 4.26. The maximum Gasteiger partial charge on any atom is 0.224 e. The van der Waals surface area contributed by atoms with E-state index in [1.165, 1.54) is 11.1 Å². The molecule has 0 spiro atoms. The second-order valence-electron chi connectivity index (χ2n) is 6.15. The van der Waals surface area contributed by atoms with Gasteiger partial charge in [0.25, 0.3) is 0 Å². The fourth-order valence-corrected chi connectivity index (χ4v) is 2.84. The van der Waals surface area contributed by atoms with E-state index in [2.05, 4.69) is 38.2 Å². The molecule has 2 heterocycles. The van der Waals surface area contributed by atoms with E-state index in [9.17, 15) is 4.79 Å². The standard InChI is InChI=1S/C19H21NO3/c1-12(2)16-9-17-14(11-23-18(17)7-13(16)3)8-19(21)20-10-15-5-4-6-22-15/h4-7,9,11-12H,8,10H2,1-3H3,(H,20,21). The molecule has 1 amide bonds. The summed E-state index contributed by atoms with van der Waals surface area (Å²) in [5, 5.41) is 3.88. The van der Waals surface area contributed by atoms with Crippen molar-refractivity contribution in [2.24, 2.45) is 0 Å². The van der Waals surface area contributed by atoms with Crippen molar-refractivity contribution in [1.82, 2.24) is 5.32 Å². The highest BCUT2D eigenvalue weighted by Crippen LogP contribution is 2.29. The lowest BCUT2D eigenvalue weighted by atomic mass is 9.95. The molecule has 0 aliphatic heterocycles. The average molecular weight is 311 g/mol. The molecule has 3 rings (SSSR count). The number of amides is 1.